The fraction of sp³-hybridized carbons (Fsp3) is 0.471. The Kier molecular flexibility index (Phi) is 5.27. The van der Waals surface area contributed by atoms with Crippen LogP contribution in [-0.2, 0) is 14.3 Å². The standard InChI is InChI=1S/C17H20N2O7/c20-14(19-9-17(16(22)23)3-5-24-6-4-17)8-18-15(21)11-1-2-12-13(7-11)26-10-25-12/h1-2,7H,3-6,8-10H2,(H,18,21)(H,19,20)(H,22,23). The van der Waals surface area contributed by atoms with E-state index >= 15 is 0 Å². The van der Waals surface area contributed by atoms with E-state index in [2.05, 4.69) is 10.6 Å². The maximum Gasteiger partial charge on any atom is 0.311 e. The first-order chi connectivity index (χ1) is 12.5. The average molecular weight is 364 g/mol. The normalized spacial score (nSPS) is 17.4. The van der Waals surface area contributed by atoms with Crippen LogP contribution >= 0.6 is 0 Å². The Balaban J connectivity index is 1.49. The molecule has 2 aliphatic rings. The van der Waals surface area contributed by atoms with Crippen LogP contribution in [0.5, 0.6) is 11.5 Å². The van der Waals surface area contributed by atoms with Crippen molar-refractivity contribution >= 4 is 17.8 Å². The molecular formula is C17H20N2O7. The number of carboxylic acids is 1. The Morgan fingerprint density at radius 2 is 1.81 bits per heavy atom. The van der Waals surface area contributed by atoms with Crippen LogP contribution < -0.4 is 20.1 Å². The van der Waals surface area contributed by atoms with E-state index in [0.29, 0.717) is 43.1 Å². The molecule has 0 aromatic heterocycles. The first kappa shape index (κ1) is 18.0. The Hall–Kier alpha value is -2.81. The van der Waals surface area contributed by atoms with E-state index < -0.39 is 23.2 Å². The summed E-state index contributed by atoms with van der Waals surface area (Å²) in [6, 6.07) is 4.73. The van der Waals surface area contributed by atoms with Crippen LogP contribution in [0, 0.1) is 5.41 Å². The maximum atomic E-state index is 12.1. The lowest BCUT2D eigenvalue weighted by atomic mass is 9.80. The van der Waals surface area contributed by atoms with E-state index in [4.69, 9.17) is 14.2 Å². The number of fused-ring (bicyclic) bond motifs is 1. The zero-order chi connectivity index (χ0) is 18.6. The van der Waals surface area contributed by atoms with Gasteiger partial charge in [0.05, 0.1) is 12.0 Å². The molecule has 0 unspecified atom stereocenters. The van der Waals surface area contributed by atoms with E-state index in [1.807, 2.05) is 0 Å². The highest BCUT2D eigenvalue weighted by Gasteiger charge is 2.40. The molecule has 3 rings (SSSR count). The number of carbonyl (C=O) groups excluding carboxylic acids is 2. The van der Waals surface area contributed by atoms with Crippen LogP contribution in [-0.4, -0.2) is 56.0 Å². The minimum Gasteiger partial charge on any atom is -0.481 e. The van der Waals surface area contributed by atoms with E-state index in [-0.39, 0.29) is 19.9 Å². The second kappa shape index (κ2) is 7.61. The third-order valence-corrected chi connectivity index (χ3v) is 4.57. The van der Waals surface area contributed by atoms with Crippen LogP contribution in [0.1, 0.15) is 23.2 Å². The summed E-state index contributed by atoms with van der Waals surface area (Å²) in [6.07, 6.45) is 0.679. The van der Waals surface area contributed by atoms with Crippen molar-refractivity contribution in [3.05, 3.63) is 23.8 Å². The average Bonchev–Trinajstić information content (AvgIpc) is 3.12. The molecule has 3 N–H and O–H groups in total. The third kappa shape index (κ3) is 3.88. The first-order valence-electron chi connectivity index (χ1n) is 8.26. The molecule has 0 aliphatic carbocycles. The fourth-order valence-corrected chi connectivity index (χ4v) is 2.86. The van der Waals surface area contributed by atoms with Gasteiger partial charge in [-0.3, -0.25) is 14.4 Å². The second-order valence-corrected chi connectivity index (χ2v) is 6.23. The number of amides is 2. The molecule has 1 saturated heterocycles. The topological polar surface area (TPSA) is 123 Å². The molecule has 2 aliphatic heterocycles. The van der Waals surface area contributed by atoms with Gasteiger partial charge in [-0.2, -0.15) is 0 Å². The highest BCUT2D eigenvalue weighted by atomic mass is 16.7. The molecule has 0 radical (unpaired) electrons. The fourth-order valence-electron chi connectivity index (χ4n) is 2.86. The summed E-state index contributed by atoms with van der Waals surface area (Å²) in [7, 11) is 0. The zero-order valence-electron chi connectivity index (χ0n) is 14.1. The lowest BCUT2D eigenvalue weighted by Gasteiger charge is -2.33. The van der Waals surface area contributed by atoms with E-state index in [9.17, 15) is 19.5 Å². The van der Waals surface area contributed by atoms with Gasteiger partial charge in [0.25, 0.3) is 5.91 Å². The molecule has 26 heavy (non-hydrogen) atoms. The highest BCUT2D eigenvalue weighted by Crippen LogP contribution is 2.32. The van der Waals surface area contributed by atoms with Gasteiger partial charge in [-0.15, -0.1) is 0 Å². The Morgan fingerprint density at radius 1 is 1.08 bits per heavy atom. The Bertz CT molecular complexity index is 713. The van der Waals surface area contributed by atoms with Crippen molar-refractivity contribution in [2.75, 3.05) is 33.1 Å². The van der Waals surface area contributed by atoms with Crippen LogP contribution in [0.4, 0.5) is 0 Å². The van der Waals surface area contributed by atoms with Crippen molar-refractivity contribution < 1.29 is 33.7 Å². The summed E-state index contributed by atoms with van der Waals surface area (Å²) in [4.78, 5) is 35.6. The van der Waals surface area contributed by atoms with Crippen molar-refractivity contribution in [2.45, 2.75) is 12.8 Å². The Labute approximate surface area is 149 Å². The van der Waals surface area contributed by atoms with Crippen LogP contribution in [0.2, 0.25) is 0 Å². The van der Waals surface area contributed by atoms with Gasteiger partial charge in [-0.25, -0.2) is 0 Å². The molecule has 9 heteroatoms. The summed E-state index contributed by atoms with van der Waals surface area (Å²) in [5.41, 5.74) is -0.677. The summed E-state index contributed by atoms with van der Waals surface area (Å²) in [5, 5.41) is 14.5. The number of carbonyl (C=O) groups is 3. The van der Waals surface area contributed by atoms with Gasteiger partial charge in [0.15, 0.2) is 11.5 Å². The molecule has 1 aromatic rings. The smallest absolute Gasteiger partial charge is 0.311 e. The molecule has 1 fully saturated rings. The molecule has 9 nitrogen and oxygen atoms in total. The predicted octanol–water partition coefficient (Wildman–Crippen LogP) is 0.143. The second-order valence-electron chi connectivity index (χ2n) is 6.23. The summed E-state index contributed by atoms with van der Waals surface area (Å²) in [6.45, 7) is 0.565. The monoisotopic (exact) mass is 364 g/mol. The van der Waals surface area contributed by atoms with Crippen LogP contribution in [0.3, 0.4) is 0 Å². The number of ether oxygens (including phenoxy) is 3. The predicted molar refractivity (Wildman–Crippen MR) is 88.0 cm³/mol. The van der Waals surface area contributed by atoms with Crippen molar-refractivity contribution in [3.63, 3.8) is 0 Å². The van der Waals surface area contributed by atoms with E-state index in [0.717, 1.165) is 0 Å². The zero-order valence-corrected chi connectivity index (χ0v) is 14.1. The summed E-state index contributed by atoms with van der Waals surface area (Å²) >= 11 is 0. The van der Waals surface area contributed by atoms with Crippen molar-refractivity contribution in [2.24, 2.45) is 5.41 Å². The molecule has 0 spiro atoms. The van der Waals surface area contributed by atoms with Crippen molar-refractivity contribution in [1.82, 2.24) is 10.6 Å². The minimum atomic E-state index is -1.02. The minimum absolute atomic E-state index is 0.00439. The maximum absolute atomic E-state index is 12.1. The molecule has 0 saturated carbocycles. The van der Waals surface area contributed by atoms with Gasteiger partial charge < -0.3 is 30.0 Å². The number of benzene rings is 1. The molecule has 140 valence electrons. The van der Waals surface area contributed by atoms with Crippen LogP contribution in [0.25, 0.3) is 0 Å². The number of nitrogens with one attached hydrogen (secondary N) is 2. The molecule has 0 bridgehead atoms. The molecule has 2 heterocycles. The van der Waals surface area contributed by atoms with Crippen molar-refractivity contribution in [3.8, 4) is 11.5 Å². The Morgan fingerprint density at radius 3 is 2.54 bits per heavy atom. The number of hydrogen-bond donors (Lipinski definition) is 3. The summed E-state index contributed by atoms with van der Waals surface area (Å²) < 4.78 is 15.6. The van der Waals surface area contributed by atoms with Gasteiger partial charge in [-0.05, 0) is 31.0 Å². The van der Waals surface area contributed by atoms with Gasteiger partial charge >= 0.3 is 5.97 Å². The first-order valence-corrected chi connectivity index (χ1v) is 8.26. The van der Waals surface area contributed by atoms with Crippen LogP contribution in [0.15, 0.2) is 18.2 Å². The molecular weight excluding hydrogens is 344 g/mol. The number of hydrogen-bond acceptors (Lipinski definition) is 6. The van der Waals surface area contributed by atoms with Gasteiger partial charge in [0, 0.05) is 25.3 Å². The number of aliphatic carboxylic acids is 1. The quantitative estimate of drug-likeness (QED) is 0.656. The third-order valence-electron chi connectivity index (χ3n) is 4.57. The van der Waals surface area contributed by atoms with Gasteiger partial charge in [0.1, 0.15) is 0 Å². The summed E-state index contributed by atoms with van der Waals surface area (Å²) in [5.74, 6) is -0.797. The number of rotatable bonds is 6. The lowest BCUT2D eigenvalue weighted by Crippen LogP contribution is -2.48. The highest BCUT2D eigenvalue weighted by molar-refractivity contribution is 5.97. The van der Waals surface area contributed by atoms with Gasteiger partial charge in [0.2, 0.25) is 12.7 Å². The SMILES string of the molecule is O=C(CNC(=O)c1ccc2c(c1)OCO2)NCC1(C(=O)O)CCOCC1. The number of carboxylic acid groups (broad SMARTS) is 1. The van der Waals surface area contributed by atoms with E-state index in [1.54, 1.807) is 12.1 Å². The molecule has 1 aromatic carbocycles. The van der Waals surface area contributed by atoms with Crippen molar-refractivity contribution in [1.29, 1.82) is 0 Å². The lowest BCUT2D eigenvalue weighted by molar-refractivity contribution is -0.154. The van der Waals surface area contributed by atoms with Gasteiger partial charge in [-0.1, -0.05) is 0 Å². The largest absolute Gasteiger partial charge is 0.481 e. The van der Waals surface area contributed by atoms with E-state index in [1.165, 1.54) is 6.07 Å². The molecule has 0 atom stereocenters. The molecule has 2 amide bonds.